The van der Waals surface area contributed by atoms with Gasteiger partial charge in [-0.2, -0.15) is 21.6 Å². The van der Waals surface area contributed by atoms with E-state index in [0.29, 0.717) is 0 Å². The minimum atomic E-state index is -5.84. The zero-order chi connectivity index (χ0) is 19.3. The summed E-state index contributed by atoms with van der Waals surface area (Å²) < 4.78 is 58.7. The molecule has 0 rings (SSSR count). The lowest BCUT2D eigenvalue weighted by molar-refractivity contribution is -0.870. The molecular weight excluding hydrogens is 343 g/mol. The first-order valence-corrected chi connectivity index (χ1v) is 10.1. The predicted octanol–water partition coefficient (Wildman–Crippen LogP) is 5.01. The molecule has 0 aliphatic rings. The molecule has 0 aliphatic carbocycles. The monoisotopic (exact) mass is 378 g/mol. The first kappa shape index (κ1) is 25.9. The molecule has 148 valence electrons. The van der Waals surface area contributed by atoms with Gasteiger partial charge in [0.2, 0.25) is 0 Å². The maximum absolute atomic E-state index is 10.7. The average molecular weight is 379 g/mol. The summed E-state index contributed by atoms with van der Waals surface area (Å²) in [5.41, 5.74) is -5.53. The Morgan fingerprint density at radius 2 is 1.08 bits per heavy atom. The van der Waals surface area contributed by atoms with E-state index in [1.54, 1.807) is 0 Å². The molecule has 0 fully saturated rings. The molecule has 0 aromatic carbocycles. The van der Waals surface area contributed by atoms with Gasteiger partial charge in [-0.3, -0.25) is 4.55 Å². The van der Waals surface area contributed by atoms with Crippen LogP contribution in [-0.2, 0) is 10.1 Å². The van der Waals surface area contributed by atoms with Gasteiger partial charge >= 0.3 is 15.6 Å². The van der Waals surface area contributed by atoms with Crippen LogP contribution in [0.5, 0.6) is 0 Å². The summed E-state index contributed by atoms with van der Waals surface area (Å²) in [4.78, 5) is 0. The minimum Gasteiger partial charge on any atom is -0.331 e. The van der Waals surface area contributed by atoms with Gasteiger partial charge in [-0.15, -0.1) is 0 Å². The SMILES string of the molecule is CCCCCCCCCCCC[N+](C)(C)C.O=S(=O)(O)C(F)(F)F. The van der Waals surface area contributed by atoms with Crippen LogP contribution in [-0.4, -0.2) is 50.6 Å². The van der Waals surface area contributed by atoms with Crippen molar-refractivity contribution in [3.05, 3.63) is 0 Å². The van der Waals surface area contributed by atoms with E-state index in [1.807, 2.05) is 0 Å². The quantitative estimate of drug-likeness (QED) is 0.238. The second kappa shape index (κ2) is 12.9. The highest BCUT2D eigenvalue weighted by Gasteiger charge is 2.44. The van der Waals surface area contributed by atoms with Crippen molar-refractivity contribution in [1.82, 2.24) is 0 Å². The molecular formula is C16H35F3NO3S+. The summed E-state index contributed by atoms with van der Waals surface area (Å²) in [6.07, 6.45) is 14.4. The van der Waals surface area contributed by atoms with Crippen molar-refractivity contribution in [1.29, 1.82) is 0 Å². The molecule has 0 spiro atoms. The molecule has 4 nitrogen and oxygen atoms in total. The summed E-state index contributed by atoms with van der Waals surface area (Å²) >= 11 is 0. The van der Waals surface area contributed by atoms with Gasteiger partial charge in [0.1, 0.15) is 0 Å². The van der Waals surface area contributed by atoms with Gasteiger partial charge in [-0.05, 0) is 12.8 Å². The van der Waals surface area contributed by atoms with Crippen LogP contribution in [0.1, 0.15) is 71.1 Å². The molecule has 0 amide bonds. The average Bonchev–Trinajstić information content (AvgIpc) is 2.38. The number of rotatable bonds is 11. The third-order valence-corrected chi connectivity index (χ3v) is 4.06. The van der Waals surface area contributed by atoms with Crippen molar-refractivity contribution in [2.45, 2.75) is 76.6 Å². The van der Waals surface area contributed by atoms with Gasteiger partial charge in [0, 0.05) is 0 Å². The number of hydrogen-bond donors (Lipinski definition) is 1. The molecule has 0 aromatic rings. The van der Waals surface area contributed by atoms with E-state index in [4.69, 9.17) is 13.0 Å². The first-order chi connectivity index (χ1) is 10.8. The Morgan fingerprint density at radius 3 is 1.33 bits per heavy atom. The molecule has 0 aliphatic heterocycles. The molecule has 0 saturated carbocycles. The van der Waals surface area contributed by atoms with Crippen molar-refractivity contribution in [3.8, 4) is 0 Å². The maximum atomic E-state index is 10.7. The van der Waals surface area contributed by atoms with E-state index in [-0.39, 0.29) is 0 Å². The topological polar surface area (TPSA) is 54.4 Å². The zero-order valence-corrected chi connectivity index (χ0v) is 16.3. The molecule has 0 unspecified atom stereocenters. The van der Waals surface area contributed by atoms with Crippen molar-refractivity contribution < 1.29 is 30.6 Å². The highest BCUT2D eigenvalue weighted by molar-refractivity contribution is 7.86. The molecule has 0 atom stereocenters. The minimum absolute atomic E-state index is 1.12. The Bertz CT molecular complexity index is 390. The lowest BCUT2D eigenvalue weighted by Gasteiger charge is -2.23. The second-order valence-electron chi connectivity index (χ2n) is 7.12. The molecule has 24 heavy (non-hydrogen) atoms. The number of nitrogens with zero attached hydrogens (tertiary/aromatic N) is 1. The number of quaternary nitrogens is 1. The second-order valence-corrected chi connectivity index (χ2v) is 8.53. The van der Waals surface area contributed by atoms with Gasteiger partial charge in [0.25, 0.3) is 0 Å². The van der Waals surface area contributed by atoms with Crippen molar-refractivity contribution in [2.24, 2.45) is 0 Å². The van der Waals surface area contributed by atoms with Crippen LogP contribution in [0.15, 0.2) is 0 Å². The summed E-state index contributed by atoms with van der Waals surface area (Å²) in [7, 11) is 1.02. The van der Waals surface area contributed by atoms with Crippen LogP contribution in [0.2, 0.25) is 0 Å². The summed E-state index contributed by atoms with van der Waals surface area (Å²) in [5.74, 6) is 0. The molecule has 1 N–H and O–H groups in total. The van der Waals surface area contributed by atoms with Crippen LogP contribution in [0.3, 0.4) is 0 Å². The number of alkyl halides is 3. The third kappa shape index (κ3) is 19.7. The molecule has 0 radical (unpaired) electrons. The predicted molar refractivity (Wildman–Crippen MR) is 92.3 cm³/mol. The van der Waals surface area contributed by atoms with Crippen LogP contribution in [0.4, 0.5) is 13.2 Å². The Balaban J connectivity index is 0. The molecule has 0 aromatic heterocycles. The number of halogens is 3. The Kier molecular flexibility index (Phi) is 14.0. The van der Waals surface area contributed by atoms with Gasteiger partial charge in [-0.1, -0.05) is 58.3 Å². The van der Waals surface area contributed by atoms with Crippen LogP contribution < -0.4 is 0 Å². The van der Waals surface area contributed by atoms with E-state index in [1.165, 1.54) is 70.8 Å². The molecule has 8 heteroatoms. The van der Waals surface area contributed by atoms with E-state index in [0.717, 1.165) is 4.48 Å². The van der Waals surface area contributed by atoms with Crippen LogP contribution >= 0.6 is 0 Å². The van der Waals surface area contributed by atoms with Gasteiger partial charge < -0.3 is 4.48 Å². The van der Waals surface area contributed by atoms with E-state index >= 15 is 0 Å². The Hall–Kier alpha value is -0.340. The van der Waals surface area contributed by atoms with Crippen LogP contribution in [0, 0.1) is 0 Å². The highest BCUT2D eigenvalue weighted by atomic mass is 32.2. The van der Waals surface area contributed by atoms with Gasteiger partial charge in [-0.25, -0.2) is 0 Å². The number of hydrogen-bond acceptors (Lipinski definition) is 2. The van der Waals surface area contributed by atoms with Crippen molar-refractivity contribution >= 4 is 10.1 Å². The highest BCUT2D eigenvalue weighted by Crippen LogP contribution is 2.20. The maximum Gasteiger partial charge on any atom is 0.522 e. The smallest absolute Gasteiger partial charge is 0.331 e. The first-order valence-electron chi connectivity index (χ1n) is 8.65. The number of unbranched alkanes of at least 4 members (excludes halogenated alkanes) is 9. The standard InChI is InChI=1S/C15H34N.CHF3O3S/c1-5-6-7-8-9-10-11-12-13-14-15-16(2,3)4;2-1(3,4)8(5,6)7/h5-15H2,1-4H3;(H,5,6,7)/q+1;. The fraction of sp³-hybridized carbons (Fsp3) is 1.00. The largest absolute Gasteiger partial charge is 0.522 e. The van der Waals surface area contributed by atoms with Crippen molar-refractivity contribution in [3.63, 3.8) is 0 Å². The summed E-state index contributed by atoms with van der Waals surface area (Å²) in [6, 6.07) is 0. The molecule has 0 bridgehead atoms. The Morgan fingerprint density at radius 1 is 0.792 bits per heavy atom. The third-order valence-electron chi connectivity index (χ3n) is 3.47. The Labute approximate surface area is 145 Å². The van der Waals surface area contributed by atoms with E-state index in [2.05, 4.69) is 28.1 Å². The fourth-order valence-electron chi connectivity index (χ4n) is 2.07. The van der Waals surface area contributed by atoms with Gasteiger partial charge in [0.05, 0.1) is 27.7 Å². The van der Waals surface area contributed by atoms with Crippen molar-refractivity contribution in [2.75, 3.05) is 27.7 Å². The fourth-order valence-corrected chi connectivity index (χ4v) is 2.07. The van der Waals surface area contributed by atoms with Gasteiger partial charge in [0.15, 0.2) is 0 Å². The normalized spacial score (nSPS) is 12.7. The molecule has 0 heterocycles. The molecule has 0 saturated heterocycles. The summed E-state index contributed by atoms with van der Waals surface area (Å²) in [5, 5.41) is 0. The summed E-state index contributed by atoms with van der Waals surface area (Å²) in [6.45, 7) is 3.62. The van der Waals surface area contributed by atoms with E-state index < -0.39 is 15.6 Å². The lowest BCUT2D eigenvalue weighted by atomic mass is 10.1. The van der Waals surface area contributed by atoms with E-state index in [9.17, 15) is 13.2 Å². The lowest BCUT2D eigenvalue weighted by Crippen LogP contribution is -2.35. The van der Waals surface area contributed by atoms with Crippen LogP contribution in [0.25, 0.3) is 0 Å². The zero-order valence-electron chi connectivity index (χ0n) is 15.5.